The summed E-state index contributed by atoms with van der Waals surface area (Å²) in [5.74, 6) is 1.89. The van der Waals surface area contributed by atoms with Crippen LogP contribution in [-0.2, 0) is 19.5 Å². The third-order valence-corrected chi connectivity index (χ3v) is 3.28. The molecule has 0 amide bonds. The Bertz CT molecular complexity index is 536. The Morgan fingerprint density at radius 2 is 2.21 bits per heavy atom. The van der Waals surface area contributed by atoms with Crippen LogP contribution < -0.4 is 4.74 Å². The van der Waals surface area contributed by atoms with Gasteiger partial charge in [-0.1, -0.05) is 12.1 Å². The van der Waals surface area contributed by atoms with Gasteiger partial charge in [0.1, 0.15) is 18.2 Å². The van der Waals surface area contributed by atoms with Crippen LogP contribution >= 0.6 is 0 Å². The summed E-state index contributed by atoms with van der Waals surface area (Å²) in [5, 5.41) is 8.99. The summed E-state index contributed by atoms with van der Waals surface area (Å²) < 4.78 is 11.1. The van der Waals surface area contributed by atoms with Crippen LogP contribution in [0.3, 0.4) is 0 Å². The minimum atomic E-state index is 0.176. The van der Waals surface area contributed by atoms with Gasteiger partial charge in [-0.2, -0.15) is 0 Å². The Morgan fingerprint density at radius 3 is 3.00 bits per heavy atom. The van der Waals surface area contributed by atoms with E-state index in [1.54, 1.807) is 6.26 Å². The third kappa shape index (κ3) is 2.80. The van der Waals surface area contributed by atoms with Gasteiger partial charge in [-0.3, -0.25) is 4.90 Å². The van der Waals surface area contributed by atoms with E-state index in [9.17, 15) is 0 Å². The van der Waals surface area contributed by atoms with Crippen molar-refractivity contribution in [3.63, 3.8) is 0 Å². The summed E-state index contributed by atoms with van der Waals surface area (Å²) in [6.45, 7) is 2.34. The summed E-state index contributed by atoms with van der Waals surface area (Å²) in [6.07, 6.45) is 2.37. The first-order valence-corrected chi connectivity index (χ1v) is 6.45. The predicted molar refractivity (Wildman–Crippen MR) is 70.7 cm³/mol. The summed E-state index contributed by atoms with van der Waals surface area (Å²) >= 11 is 0. The van der Waals surface area contributed by atoms with E-state index in [4.69, 9.17) is 14.3 Å². The molecule has 0 saturated carbocycles. The largest absolute Gasteiger partial charge is 0.478 e. The Morgan fingerprint density at radius 1 is 1.26 bits per heavy atom. The van der Waals surface area contributed by atoms with Crippen LogP contribution in [0.5, 0.6) is 5.75 Å². The first-order valence-electron chi connectivity index (χ1n) is 6.45. The van der Waals surface area contributed by atoms with E-state index >= 15 is 0 Å². The Labute approximate surface area is 112 Å². The van der Waals surface area contributed by atoms with Gasteiger partial charge in [0.05, 0.1) is 12.8 Å². The molecule has 1 aromatic carbocycles. The highest BCUT2D eigenvalue weighted by atomic mass is 16.5. The highest BCUT2D eigenvalue weighted by Gasteiger charge is 2.18. The number of fused-ring (bicyclic) bond motifs is 1. The number of hydrogen-bond donors (Lipinski definition) is 1. The third-order valence-electron chi connectivity index (χ3n) is 3.28. The summed E-state index contributed by atoms with van der Waals surface area (Å²) in [4.78, 5) is 2.18. The van der Waals surface area contributed by atoms with E-state index in [2.05, 4.69) is 11.0 Å². The highest BCUT2D eigenvalue weighted by Crippen LogP contribution is 2.27. The zero-order chi connectivity index (χ0) is 13.1. The van der Waals surface area contributed by atoms with E-state index in [1.165, 1.54) is 5.56 Å². The molecule has 0 aliphatic carbocycles. The molecular weight excluding hydrogens is 242 g/mol. The molecule has 2 aromatic rings. The maximum absolute atomic E-state index is 8.99. The molecule has 1 N–H and O–H groups in total. The number of ether oxygens (including phenoxy) is 1. The molecule has 4 heteroatoms. The second-order valence-corrected chi connectivity index (χ2v) is 4.76. The van der Waals surface area contributed by atoms with Crippen molar-refractivity contribution in [3.8, 4) is 5.75 Å². The zero-order valence-electron chi connectivity index (χ0n) is 10.7. The molecule has 0 atom stereocenters. The summed E-state index contributed by atoms with van der Waals surface area (Å²) in [5.41, 5.74) is 2.31. The smallest absolute Gasteiger partial charge is 0.142 e. The molecule has 1 aliphatic rings. The van der Waals surface area contributed by atoms with E-state index in [1.807, 2.05) is 24.3 Å². The monoisotopic (exact) mass is 259 g/mol. The normalized spacial score (nSPS) is 15.0. The van der Waals surface area contributed by atoms with Gasteiger partial charge in [0.15, 0.2) is 0 Å². The van der Waals surface area contributed by atoms with Gasteiger partial charge >= 0.3 is 0 Å². The van der Waals surface area contributed by atoms with Crippen LogP contribution in [-0.4, -0.2) is 23.3 Å². The van der Waals surface area contributed by atoms with E-state index in [0.717, 1.165) is 30.2 Å². The van der Waals surface area contributed by atoms with E-state index in [-0.39, 0.29) is 6.61 Å². The topological polar surface area (TPSA) is 45.8 Å². The van der Waals surface area contributed by atoms with E-state index < -0.39 is 0 Å². The van der Waals surface area contributed by atoms with Crippen molar-refractivity contribution in [2.24, 2.45) is 0 Å². The van der Waals surface area contributed by atoms with Crippen LogP contribution in [0.15, 0.2) is 41.0 Å². The van der Waals surface area contributed by atoms with Crippen LogP contribution in [0, 0.1) is 0 Å². The summed E-state index contributed by atoms with van der Waals surface area (Å²) in [6, 6.07) is 9.98. The molecule has 0 radical (unpaired) electrons. The van der Waals surface area contributed by atoms with Crippen molar-refractivity contribution in [1.82, 2.24) is 4.90 Å². The number of nitrogens with zero attached hydrogens (tertiary/aromatic N) is 1. The van der Waals surface area contributed by atoms with Crippen molar-refractivity contribution in [3.05, 3.63) is 53.5 Å². The lowest BCUT2D eigenvalue weighted by atomic mass is 10.1. The molecular formula is C15H17NO3. The highest BCUT2D eigenvalue weighted by molar-refractivity contribution is 5.38. The molecule has 19 heavy (non-hydrogen) atoms. The fourth-order valence-electron chi connectivity index (χ4n) is 2.35. The molecule has 0 spiro atoms. The predicted octanol–water partition coefficient (Wildman–Crippen LogP) is 2.17. The minimum absolute atomic E-state index is 0.176. The molecule has 0 fully saturated rings. The fraction of sp³-hybridized carbons (Fsp3) is 0.333. The molecule has 1 aromatic heterocycles. The number of aliphatic hydroxyl groups is 1. The standard InChI is InChI=1S/C15H17NO3/c17-6-5-12-3-4-15-13(8-12)9-16(11-19-15)10-14-2-1-7-18-14/h1-4,7-8,17H,5-6,9-11H2. The number of rotatable bonds is 4. The van der Waals surface area contributed by atoms with Crippen LogP contribution in [0.4, 0.5) is 0 Å². The second-order valence-electron chi connectivity index (χ2n) is 4.76. The average Bonchev–Trinajstić information content (AvgIpc) is 2.92. The average molecular weight is 259 g/mol. The summed E-state index contributed by atoms with van der Waals surface area (Å²) in [7, 11) is 0. The van der Waals surface area contributed by atoms with Gasteiger partial charge in [0.25, 0.3) is 0 Å². The lowest BCUT2D eigenvalue weighted by Gasteiger charge is -2.28. The molecule has 2 heterocycles. The molecule has 3 rings (SSSR count). The van der Waals surface area contributed by atoms with Crippen LogP contribution in [0.1, 0.15) is 16.9 Å². The SMILES string of the molecule is OCCc1ccc2c(c1)CN(Cc1ccco1)CO2. The maximum Gasteiger partial charge on any atom is 0.142 e. The van der Waals surface area contributed by atoms with Gasteiger partial charge < -0.3 is 14.3 Å². The molecule has 0 bridgehead atoms. The molecule has 0 saturated heterocycles. The van der Waals surface area contributed by atoms with Crippen molar-refractivity contribution >= 4 is 0 Å². The van der Waals surface area contributed by atoms with Crippen molar-refractivity contribution in [2.45, 2.75) is 19.5 Å². The van der Waals surface area contributed by atoms with Gasteiger partial charge in [0.2, 0.25) is 0 Å². The van der Waals surface area contributed by atoms with Gasteiger partial charge in [-0.15, -0.1) is 0 Å². The van der Waals surface area contributed by atoms with E-state index in [0.29, 0.717) is 13.2 Å². The maximum atomic E-state index is 8.99. The first kappa shape index (κ1) is 12.3. The lowest BCUT2D eigenvalue weighted by Crippen LogP contribution is -2.31. The molecule has 0 unspecified atom stereocenters. The quantitative estimate of drug-likeness (QED) is 0.914. The first-order chi connectivity index (χ1) is 9.35. The second kappa shape index (κ2) is 5.47. The van der Waals surface area contributed by atoms with Crippen LogP contribution in [0.25, 0.3) is 0 Å². The number of benzene rings is 1. The van der Waals surface area contributed by atoms with Crippen molar-refractivity contribution in [1.29, 1.82) is 0 Å². The Kier molecular flexibility index (Phi) is 3.53. The van der Waals surface area contributed by atoms with Crippen molar-refractivity contribution < 1.29 is 14.3 Å². The number of furan rings is 1. The van der Waals surface area contributed by atoms with Gasteiger partial charge in [-0.05, 0) is 30.2 Å². The lowest BCUT2D eigenvalue weighted by molar-refractivity contribution is 0.0823. The fourth-order valence-corrected chi connectivity index (χ4v) is 2.35. The number of aliphatic hydroxyl groups excluding tert-OH is 1. The zero-order valence-corrected chi connectivity index (χ0v) is 10.7. The van der Waals surface area contributed by atoms with Crippen molar-refractivity contribution in [2.75, 3.05) is 13.3 Å². The van der Waals surface area contributed by atoms with Gasteiger partial charge in [-0.25, -0.2) is 0 Å². The number of hydrogen-bond acceptors (Lipinski definition) is 4. The Hall–Kier alpha value is -1.78. The van der Waals surface area contributed by atoms with Gasteiger partial charge in [0, 0.05) is 18.7 Å². The minimum Gasteiger partial charge on any atom is -0.478 e. The van der Waals surface area contributed by atoms with Crippen LogP contribution in [0.2, 0.25) is 0 Å². The Balaban J connectivity index is 1.72. The molecule has 1 aliphatic heterocycles. The molecule has 100 valence electrons. The molecule has 4 nitrogen and oxygen atoms in total.